The Morgan fingerprint density at radius 1 is 1.11 bits per heavy atom. The van der Waals surface area contributed by atoms with Gasteiger partial charge in [0.2, 0.25) is 0 Å². The second-order valence-electron chi connectivity index (χ2n) is 4.55. The summed E-state index contributed by atoms with van der Waals surface area (Å²) in [5.41, 5.74) is 2.11. The molecule has 0 saturated carbocycles. The van der Waals surface area contributed by atoms with Crippen LogP contribution in [0.1, 0.15) is 30.1 Å². The fourth-order valence-electron chi connectivity index (χ4n) is 2.05. The third-order valence-electron chi connectivity index (χ3n) is 3.12. The molecule has 0 aliphatic carbocycles. The van der Waals surface area contributed by atoms with Gasteiger partial charge < -0.3 is 5.11 Å². The van der Waals surface area contributed by atoms with Crippen molar-refractivity contribution in [2.45, 2.75) is 25.4 Å². The quantitative estimate of drug-likeness (QED) is 0.798. The summed E-state index contributed by atoms with van der Waals surface area (Å²) < 4.78 is 0.991. The van der Waals surface area contributed by atoms with E-state index in [0.717, 1.165) is 39.9 Å². The van der Waals surface area contributed by atoms with Crippen LogP contribution in [0.15, 0.2) is 53.0 Å². The van der Waals surface area contributed by atoms with Crippen molar-refractivity contribution in [2.75, 3.05) is 0 Å². The number of aliphatic hydroxyl groups excluding tert-OH is 1. The molecule has 0 amide bonds. The van der Waals surface area contributed by atoms with E-state index in [-0.39, 0.29) is 0 Å². The molecule has 0 bridgehead atoms. The van der Waals surface area contributed by atoms with Gasteiger partial charge in [-0.2, -0.15) is 0 Å². The average molecular weight is 340 g/mol. The molecule has 1 N–H and O–H groups in total. The van der Waals surface area contributed by atoms with Crippen LogP contribution in [0, 0.1) is 0 Å². The minimum atomic E-state index is -0.393. The Bertz CT molecular complexity index is 528. The molecule has 1 unspecified atom stereocenters. The molecule has 2 aromatic carbocycles. The number of hydrogen-bond acceptors (Lipinski definition) is 1. The Hall–Kier alpha value is -0.830. The van der Waals surface area contributed by atoms with E-state index in [2.05, 4.69) is 15.9 Å². The Morgan fingerprint density at radius 3 is 2.53 bits per heavy atom. The summed E-state index contributed by atoms with van der Waals surface area (Å²) in [4.78, 5) is 0. The van der Waals surface area contributed by atoms with Gasteiger partial charge in [0.15, 0.2) is 0 Å². The summed E-state index contributed by atoms with van der Waals surface area (Å²) in [6.45, 7) is 0. The lowest BCUT2D eigenvalue weighted by Crippen LogP contribution is -1.98. The van der Waals surface area contributed by atoms with Crippen molar-refractivity contribution in [1.82, 2.24) is 0 Å². The average Bonchev–Trinajstić information content (AvgIpc) is 2.42. The highest BCUT2D eigenvalue weighted by molar-refractivity contribution is 9.10. The Kier molecular flexibility index (Phi) is 5.44. The fraction of sp³-hybridized carbons (Fsp3) is 0.250. The molecule has 0 radical (unpaired) electrons. The normalized spacial score (nSPS) is 12.4. The van der Waals surface area contributed by atoms with E-state index in [9.17, 15) is 5.11 Å². The van der Waals surface area contributed by atoms with Crippen LogP contribution in [-0.2, 0) is 6.42 Å². The van der Waals surface area contributed by atoms with Gasteiger partial charge >= 0.3 is 0 Å². The van der Waals surface area contributed by atoms with Crippen LogP contribution < -0.4 is 0 Å². The maximum absolute atomic E-state index is 10.1. The van der Waals surface area contributed by atoms with E-state index in [1.807, 2.05) is 48.5 Å². The zero-order chi connectivity index (χ0) is 13.7. The molecule has 3 heteroatoms. The number of aliphatic hydroxyl groups is 1. The van der Waals surface area contributed by atoms with Crippen LogP contribution in [0.4, 0.5) is 0 Å². The number of benzene rings is 2. The molecule has 0 aromatic heterocycles. The molecule has 2 rings (SSSR count). The summed E-state index contributed by atoms with van der Waals surface area (Å²) >= 11 is 9.56. The molecule has 100 valence electrons. The largest absolute Gasteiger partial charge is 0.388 e. The van der Waals surface area contributed by atoms with Gasteiger partial charge in [-0.15, -0.1) is 0 Å². The number of halogens is 2. The van der Waals surface area contributed by atoms with Gasteiger partial charge in [0.25, 0.3) is 0 Å². The van der Waals surface area contributed by atoms with Gasteiger partial charge in [-0.3, -0.25) is 0 Å². The number of rotatable bonds is 5. The molecule has 0 saturated heterocycles. The first kappa shape index (κ1) is 14.6. The molecule has 0 aliphatic rings. The topological polar surface area (TPSA) is 20.2 Å². The molecule has 0 fully saturated rings. The predicted octanol–water partition coefficient (Wildman–Crippen LogP) is 5.16. The third-order valence-corrected chi connectivity index (χ3v) is 3.97. The molecule has 0 heterocycles. The summed E-state index contributed by atoms with van der Waals surface area (Å²) in [6.07, 6.45) is 2.15. The summed E-state index contributed by atoms with van der Waals surface area (Å²) in [7, 11) is 0. The van der Waals surface area contributed by atoms with Crippen LogP contribution in [-0.4, -0.2) is 5.11 Å². The van der Waals surface area contributed by atoms with E-state index in [0.29, 0.717) is 0 Å². The summed E-state index contributed by atoms with van der Waals surface area (Å²) in [5, 5.41) is 10.9. The molecule has 1 nitrogen and oxygen atoms in total. The van der Waals surface area contributed by atoms with E-state index in [1.54, 1.807) is 0 Å². The number of hydrogen-bond donors (Lipinski definition) is 1. The molecule has 19 heavy (non-hydrogen) atoms. The lowest BCUT2D eigenvalue weighted by Gasteiger charge is -2.11. The standard InChI is InChI=1S/C16H16BrClO/c17-14-10-9-12(15(18)11-14)7-4-8-16(19)13-5-2-1-3-6-13/h1-3,5-6,9-11,16,19H,4,7-8H2. The Labute approximate surface area is 127 Å². The van der Waals surface area contributed by atoms with Gasteiger partial charge in [-0.25, -0.2) is 0 Å². The van der Waals surface area contributed by atoms with Crippen LogP contribution in [0.3, 0.4) is 0 Å². The van der Waals surface area contributed by atoms with E-state index < -0.39 is 6.10 Å². The van der Waals surface area contributed by atoms with Crippen LogP contribution >= 0.6 is 27.5 Å². The predicted molar refractivity (Wildman–Crippen MR) is 83.5 cm³/mol. The van der Waals surface area contributed by atoms with E-state index in [4.69, 9.17) is 11.6 Å². The molecule has 1 atom stereocenters. The monoisotopic (exact) mass is 338 g/mol. The SMILES string of the molecule is OC(CCCc1ccc(Br)cc1Cl)c1ccccc1. The van der Waals surface area contributed by atoms with Crippen LogP contribution in [0.2, 0.25) is 5.02 Å². The lowest BCUT2D eigenvalue weighted by molar-refractivity contribution is 0.164. The van der Waals surface area contributed by atoms with Crippen molar-refractivity contribution < 1.29 is 5.11 Å². The van der Waals surface area contributed by atoms with Crippen molar-refractivity contribution in [2.24, 2.45) is 0 Å². The smallest absolute Gasteiger partial charge is 0.0790 e. The Morgan fingerprint density at radius 2 is 1.84 bits per heavy atom. The first-order chi connectivity index (χ1) is 9.16. The highest BCUT2D eigenvalue weighted by Gasteiger charge is 2.07. The summed E-state index contributed by atoms with van der Waals surface area (Å²) in [5.74, 6) is 0. The second kappa shape index (κ2) is 7.09. The highest BCUT2D eigenvalue weighted by atomic mass is 79.9. The molecule has 2 aromatic rings. The van der Waals surface area contributed by atoms with Gasteiger partial charge in [0.1, 0.15) is 0 Å². The molecular weight excluding hydrogens is 324 g/mol. The highest BCUT2D eigenvalue weighted by Crippen LogP contribution is 2.24. The fourth-order valence-corrected chi connectivity index (χ4v) is 2.82. The van der Waals surface area contributed by atoms with Crippen molar-refractivity contribution in [1.29, 1.82) is 0 Å². The molecular formula is C16H16BrClO. The maximum atomic E-state index is 10.1. The first-order valence-electron chi connectivity index (χ1n) is 6.34. The van der Waals surface area contributed by atoms with E-state index >= 15 is 0 Å². The van der Waals surface area contributed by atoms with Crippen LogP contribution in [0.5, 0.6) is 0 Å². The maximum Gasteiger partial charge on any atom is 0.0790 e. The zero-order valence-electron chi connectivity index (χ0n) is 10.5. The summed E-state index contributed by atoms with van der Waals surface area (Å²) in [6, 6.07) is 15.7. The Balaban J connectivity index is 1.86. The van der Waals surface area contributed by atoms with Gasteiger partial charge in [-0.1, -0.05) is 63.9 Å². The minimum Gasteiger partial charge on any atom is -0.388 e. The van der Waals surface area contributed by atoms with Crippen molar-refractivity contribution in [3.8, 4) is 0 Å². The second-order valence-corrected chi connectivity index (χ2v) is 5.88. The molecule has 0 spiro atoms. The van der Waals surface area contributed by atoms with Gasteiger partial charge in [0.05, 0.1) is 6.10 Å². The third kappa shape index (κ3) is 4.34. The minimum absolute atomic E-state index is 0.393. The van der Waals surface area contributed by atoms with Gasteiger partial charge in [0, 0.05) is 9.50 Å². The first-order valence-corrected chi connectivity index (χ1v) is 7.51. The van der Waals surface area contributed by atoms with E-state index in [1.165, 1.54) is 0 Å². The van der Waals surface area contributed by atoms with Gasteiger partial charge in [-0.05, 0) is 42.5 Å². The molecule has 0 aliphatic heterocycles. The van der Waals surface area contributed by atoms with Crippen molar-refractivity contribution in [3.05, 3.63) is 69.2 Å². The lowest BCUT2D eigenvalue weighted by atomic mass is 10.0. The number of aryl methyl sites for hydroxylation is 1. The van der Waals surface area contributed by atoms with Crippen LogP contribution in [0.25, 0.3) is 0 Å². The van der Waals surface area contributed by atoms with Crippen molar-refractivity contribution >= 4 is 27.5 Å². The van der Waals surface area contributed by atoms with Crippen molar-refractivity contribution in [3.63, 3.8) is 0 Å². The zero-order valence-corrected chi connectivity index (χ0v) is 12.9.